The van der Waals surface area contributed by atoms with Crippen LogP contribution in [0.4, 0.5) is 5.69 Å². The molecule has 0 heterocycles. The fourth-order valence-corrected chi connectivity index (χ4v) is 1.70. The van der Waals surface area contributed by atoms with Crippen molar-refractivity contribution in [2.24, 2.45) is 0 Å². The topological polar surface area (TPSA) is 29.1 Å². The summed E-state index contributed by atoms with van der Waals surface area (Å²) in [4.78, 5) is 11.6. The Kier molecular flexibility index (Phi) is 5.03. The van der Waals surface area contributed by atoms with Gasteiger partial charge in [0.1, 0.15) is 0 Å². The molecule has 0 aromatic heterocycles. The van der Waals surface area contributed by atoms with Crippen LogP contribution in [0.2, 0.25) is 0 Å². The van der Waals surface area contributed by atoms with E-state index in [-0.39, 0.29) is 5.91 Å². The van der Waals surface area contributed by atoms with Crippen molar-refractivity contribution < 1.29 is 4.79 Å². The van der Waals surface area contributed by atoms with Gasteiger partial charge in [-0.05, 0) is 30.4 Å². The number of hydrogen-bond donors (Lipinski definition) is 1. The largest absolute Gasteiger partial charge is 0.326 e. The van der Waals surface area contributed by atoms with E-state index >= 15 is 0 Å². The summed E-state index contributed by atoms with van der Waals surface area (Å²) >= 11 is 0. The molecule has 0 spiro atoms. The molecule has 1 N–H and O–H groups in total. The van der Waals surface area contributed by atoms with Crippen molar-refractivity contribution in [1.29, 1.82) is 0 Å². The Morgan fingerprint density at radius 1 is 1.31 bits per heavy atom. The van der Waals surface area contributed by atoms with Gasteiger partial charge in [0.15, 0.2) is 0 Å². The maximum atomic E-state index is 11.6. The number of rotatable bonds is 5. The summed E-state index contributed by atoms with van der Waals surface area (Å²) in [6, 6.07) is 8.06. The molecule has 0 aliphatic rings. The van der Waals surface area contributed by atoms with Gasteiger partial charge in [-0.25, -0.2) is 0 Å². The highest BCUT2D eigenvalue weighted by Gasteiger charge is 2.10. The Morgan fingerprint density at radius 2 is 2.00 bits per heavy atom. The molecule has 0 fully saturated rings. The van der Waals surface area contributed by atoms with Crippen LogP contribution < -0.4 is 5.32 Å². The van der Waals surface area contributed by atoms with E-state index in [4.69, 9.17) is 0 Å². The molecule has 1 atom stereocenters. The first-order chi connectivity index (χ1) is 7.69. The van der Waals surface area contributed by atoms with Gasteiger partial charge in [-0.15, -0.1) is 0 Å². The van der Waals surface area contributed by atoms with E-state index in [2.05, 4.69) is 25.2 Å². The third-order valence-corrected chi connectivity index (χ3v) is 2.86. The summed E-state index contributed by atoms with van der Waals surface area (Å²) in [6.45, 7) is 6.36. The van der Waals surface area contributed by atoms with Crippen LogP contribution in [0.3, 0.4) is 0 Å². The van der Waals surface area contributed by atoms with E-state index in [0.717, 1.165) is 18.5 Å². The average Bonchev–Trinajstić information content (AvgIpc) is 2.29. The lowest BCUT2D eigenvalue weighted by molar-refractivity contribution is -0.116. The predicted molar refractivity (Wildman–Crippen MR) is 68.7 cm³/mol. The molecule has 88 valence electrons. The van der Waals surface area contributed by atoms with E-state index in [1.165, 1.54) is 5.56 Å². The van der Waals surface area contributed by atoms with Crippen molar-refractivity contribution in [3.63, 3.8) is 0 Å². The lowest BCUT2D eigenvalue weighted by Crippen LogP contribution is -2.12. The van der Waals surface area contributed by atoms with E-state index < -0.39 is 0 Å². The van der Waals surface area contributed by atoms with Crippen molar-refractivity contribution in [3.8, 4) is 0 Å². The Morgan fingerprint density at radius 3 is 2.62 bits per heavy atom. The molecule has 0 radical (unpaired) electrons. The molecule has 16 heavy (non-hydrogen) atoms. The number of amides is 1. The molecular formula is C14H21NO. The summed E-state index contributed by atoms with van der Waals surface area (Å²) in [7, 11) is 0. The Labute approximate surface area is 98.1 Å². The molecule has 0 aliphatic carbocycles. The molecule has 1 aromatic rings. The van der Waals surface area contributed by atoms with Gasteiger partial charge in [0.05, 0.1) is 0 Å². The van der Waals surface area contributed by atoms with Crippen LogP contribution in [0.25, 0.3) is 0 Å². The lowest BCUT2D eigenvalue weighted by atomic mass is 9.97. The molecule has 0 bridgehead atoms. The average molecular weight is 219 g/mol. The fraction of sp³-hybridized carbons (Fsp3) is 0.500. The monoisotopic (exact) mass is 219 g/mol. The van der Waals surface area contributed by atoms with E-state index in [9.17, 15) is 4.79 Å². The van der Waals surface area contributed by atoms with Crippen LogP contribution in [0.1, 0.15) is 51.5 Å². The van der Waals surface area contributed by atoms with E-state index in [0.29, 0.717) is 12.3 Å². The van der Waals surface area contributed by atoms with Gasteiger partial charge in [-0.2, -0.15) is 0 Å². The van der Waals surface area contributed by atoms with Crippen LogP contribution in [0.5, 0.6) is 0 Å². The summed E-state index contributed by atoms with van der Waals surface area (Å²) < 4.78 is 0. The van der Waals surface area contributed by atoms with Gasteiger partial charge in [-0.1, -0.05) is 39.0 Å². The lowest BCUT2D eigenvalue weighted by Gasteiger charge is -2.15. The van der Waals surface area contributed by atoms with Crippen LogP contribution in [0, 0.1) is 0 Å². The van der Waals surface area contributed by atoms with Crippen molar-refractivity contribution in [2.45, 2.75) is 46.0 Å². The molecule has 2 heteroatoms. The molecule has 0 aliphatic heterocycles. The maximum Gasteiger partial charge on any atom is 0.224 e. The number of carbonyl (C=O) groups is 1. The van der Waals surface area contributed by atoms with Crippen molar-refractivity contribution >= 4 is 11.6 Å². The second-order valence-corrected chi connectivity index (χ2v) is 4.19. The van der Waals surface area contributed by atoms with Crippen molar-refractivity contribution in [2.75, 3.05) is 5.32 Å². The molecular weight excluding hydrogens is 198 g/mol. The standard InChI is InChI=1S/C14H21NO/c1-4-8-14(16)15-13-10-7-6-9-12(13)11(3)5-2/h6-7,9-11H,4-5,8H2,1-3H3,(H,15,16). The SMILES string of the molecule is CCCC(=O)Nc1ccccc1C(C)CC. The molecule has 0 saturated heterocycles. The molecule has 1 rings (SSSR count). The van der Waals surface area contributed by atoms with Crippen molar-refractivity contribution in [1.82, 2.24) is 0 Å². The van der Waals surface area contributed by atoms with Crippen LogP contribution in [0.15, 0.2) is 24.3 Å². The molecule has 1 unspecified atom stereocenters. The third kappa shape index (κ3) is 3.37. The first-order valence-electron chi connectivity index (χ1n) is 6.07. The highest BCUT2D eigenvalue weighted by molar-refractivity contribution is 5.91. The van der Waals surface area contributed by atoms with Gasteiger partial charge in [0.2, 0.25) is 5.91 Å². The van der Waals surface area contributed by atoms with Gasteiger partial charge in [0, 0.05) is 12.1 Å². The van der Waals surface area contributed by atoms with Crippen LogP contribution in [-0.2, 0) is 4.79 Å². The summed E-state index contributed by atoms with van der Waals surface area (Å²) in [5.41, 5.74) is 2.20. The molecule has 1 aromatic carbocycles. The normalized spacial score (nSPS) is 12.2. The second-order valence-electron chi connectivity index (χ2n) is 4.19. The summed E-state index contributed by atoms with van der Waals surface area (Å²) in [6.07, 6.45) is 2.56. The second kappa shape index (κ2) is 6.31. The number of nitrogens with one attached hydrogen (secondary N) is 1. The van der Waals surface area contributed by atoms with Crippen LogP contribution in [-0.4, -0.2) is 5.91 Å². The fourth-order valence-electron chi connectivity index (χ4n) is 1.70. The van der Waals surface area contributed by atoms with E-state index in [1.54, 1.807) is 0 Å². The zero-order valence-corrected chi connectivity index (χ0v) is 10.4. The summed E-state index contributed by atoms with van der Waals surface area (Å²) in [5, 5.41) is 2.99. The van der Waals surface area contributed by atoms with Gasteiger partial charge < -0.3 is 5.32 Å². The Bertz CT molecular complexity index is 346. The number of hydrogen-bond acceptors (Lipinski definition) is 1. The number of carbonyl (C=O) groups excluding carboxylic acids is 1. The number of anilines is 1. The van der Waals surface area contributed by atoms with Crippen LogP contribution >= 0.6 is 0 Å². The summed E-state index contributed by atoms with van der Waals surface area (Å²) in [5.74, 6) is 0.594. The van der Waals surface area contributed by atoms with E-state index in [1.807, 2.05) is 25.1 Å². The zero-order chi connectivity index (χ0) is 12.0. The number of para-hydroxylation sites is 1. The maximum absolute atomic E-state index is 11.6. The quantitative estimate of drug-likeness (QED) is 0.798. The first kappa shape index (κ1) is 12.8. The Balaban J connectivity index is 2.82. The Hall–Kier alpha value is -1.31. The first-order valence-corrected chi connectivity index (χ1v) is 6.07. The zero-order valence-electron chi connectivity index (χ0n) is 10.4. The minimum absolute atomic E-state index is 0.109. The minimum atomic E-state index is 0.109. The van der Waals surface area contributed by atoms with Gasteiger partial charge in [-0.3, -0.25) is 4.79 Å². The molecule has 1 amide bonds. The van der Waals surface area contributed by atoms with Gasteiger partial charge in [0.25, 0.3) is 0 Å². The smallest absolute Gasteiger partial charge is 0.224 e. The number of benzene rings is 1. The predicted octanol–water partition coefficient (Wildman–Crippen LogP) is 3.94. The minimum Gasteiger partial charge on any atom is -0.326 e. The third-order valence-electron chi connectivity index (χ3n) is 2.86. The van der Waals surface area contributed by atoms with Gasteiger partial charge >= 0.3 is 0 Å². The molecule has 2 nitrogen and oxygen atoms in total. The molecule has 0 saturated carbocycles. The highest BCUT2D eigenvalue weighted by atomic mass is 16.1. The van der Waals surface area contributed by atoms with Crippen molar-refractivity contribution in [3.05, 3.63) is 29.8 Å². The highest BCUT2D eigenvalue weighted by Crippen LogP contribution is 2.26.